The number of Topliss-reactive ketones (excluding diaryl/α,β-unsaturated/α-hetero) is 1. The minimum atomic E-state index is 0.00718. The molecule has 0 atom stereocenters. The van der Waals surface area contributed by atoms with E-state index in [1.165, 1.54) is 5.69 Å². The highest BCUT2D eigenvalue weighted by molar-refractivity contribution is 6.07. The molecule has 0 unspecified atom stereocenters. The molecule has 4 aromatic rings. The van der Waals surface area contributed by atoms with Crippen molar-refractivity contribution in [2.75, 3.05) is 13.7 Å². The lowest BCUT2D eigenvalue weighted by atomic mass is 10.0. The highest BCUT2D eigenvalue weighted by atomic mass is 16.5. The van der Waals surface area contributed by atoms with Crippen LogP contribution in [0.5, 0.6) is 5.75 Å². The van der Waals surface area contributed by atoms with Crippen LogP contribution in [0.1, 0.15) is 28.5 Å². The monoisotopic (exact) mass is 401 g/mol. The minimum absolute atomic E-state index is 0.00718. The van der Waals surface area contributed by atoms with Gasteiger partial charge in [0, 0.05) is 64.3 Å². The number of para-hydroxylation sites is 1. The number of methoxy groups -OCH3 is 1. The smallest absolute Gasteiger partial charge is 0.242 e. The molecule has 1 amide bonds. The number of hydrogen-bond donors (Lipinski definition) is 1. The summed E-state index contributed by atoms with van der Waals surface area (Å²) in [4.78, 5) is 30.6. The first-order valence-corrected chi connectivity index (χ1v) is 10.1. The Labute approximate surface area is 174 Å². The second kappa shape index (κ2) is 7.06. The van der Waals surface area contributed by atoms with Crippen LogP contribution < -0.4 is 4.74 Å². The van der Waals surface area contributed by atoms with Crippen LogP contribution in [0.25, 0.3) is 21.8 Å². The number of aromatic nitrogens is 2. The molecule has 2 aromatic carbocycles. The summed E-state index contributed by atoms with van der Waals surface area (Å²) in [7, 11) is 1.66. The van der Waals surface area contributed by atoms with Crippen molar-refractivity contribution in [3.8, 4) is 5.75 Å². The van der Waals surface area contributed by atoms with Crippen LogP contribution in [0.2, 0.25) is 0 Å². The molecule has 6 heteroatoms. The fraction of sp³-hybridized carbons (Fsp3) is 0.250. The molecule has 0 saturated heterocycles. The predicted molar refractivity (Wildman–Crippen MR) is 116 cm³/mol. The Morgan fingerprint density at radius 3 is 2.77 bits per heavy atom. The van der Waals surface area contributed by atoms with Gasteiger partial charge in [-0.2, -0.15) is 0 Å². The first kappa shape index (κ1) is 18.5. The predicted octanol–water partition coefficient (Wildman–Crippen LogP) is 3.92. The molecule has 6 nitrogen and oxygen atoms in total. The molecular formula is C24H23N3O3. The Morgan fingerprint density at radius 2 is 1.97 bits per heavy atom. The third-order valence-electron chi connectivity index (χ3n) is 6.01. The van der Waals surface area contributed by atoms with Crippen molar-refractivity contribution in [2.45, 2.75) is 26.4 Å². The van der Waals surface area contributed by atoms with Gasteiger partial charge in [-0.1, -0.05) is 18.2 Å². The Balaban J connectivity index is 1.44. The van der Waals surface area contributed by atoms with E-state index in [-0.39, 0.29) is 18.2 Å². The third kappa shape index (κ3) is 2.96. The van der Waals surface area contributed by atoms with Crippen LogP contribution in [0.15, 0.2) is 48.7 Å². The van der Waals surface area contributed by atoms with Gasteiger partial charge in [0.15, 0.2) is 5.78 Å². The zero-order chi connectivity index (χ0) is 20.8. The summed E-state index contributed by atoms with van der Waals surface area (Å²) in [6.45, 7) is 3.02. The molecule has 2 aromatic heterocycles. The standard InChI is InChI=1S/C24H23N3O3/c1-15(28)19-12-27(23-6-4-3-5-17(19)23)14-24(29)26-10-9-22-20(13-26)18-11-16(30-2)7-8-21(18)25-22/h3-8,11-12,25H,9-10,13-14H2,1-2H3. The van der Waals surface area contributed by atoms with E-state index in [9.17, 15) is 9.59 Å². The van der Waals surface area contributed by atoms with Gasteiger partial charge in [-0.15, -0.1) is 0 Å². The molecule has 0 bridgehead atoms. The topological polar surface area (TPSA) is 67.3 Å². The molecule has 0 spiro atoms. The van der Waals surface area contributed by atoms with Gasteiger partial charge in [0.2, 0.25) is 5.91 Å². The average Bonchev–Trinajstić information content (AvgIpc) is 3.31. The van der Waals surface area contributed by atoms with Crippen molar-refractivity contribution in [3.05, 3.63) is 65.5 Å². The van der Waals surface area contributed by atoms with Crippen LogP contribution in [-0.4, -0.2) is 39.8 Å². The number of rotatable bonds is 4. The van der Waals surface area contributed by atoms with E-state index in [4.69, 9.17) is 4.74 Å². The number of amides is 1. The molecule has 0 radical (unpaired) electrons. The van der Waals surface area contributed by atoms with Crippen LogP contribution >= 0.6 is 0 Å². The first-order chi connectivity index (χ1) is 14.5. The van der Waals surface area contributed by atoms with Gasteiger partial charge in [-0.3, -0.25) is 9.59 Å². The number of nitrogens with one attached hydrogen (secondary N) is 1. The lowest BCUT2D eigenvalue weighted by molar-refractivity contribution is -0.132. The van der Waals surface area contributed by atoms with Crippen molar-refractivity contribution < 1.29 is 14.3 Å². The summed E-state index contributed by atoms with van der Waals surface area (Å²) in [5.41, 5.74) is 4.98. The van der Waals surface area contributed by atoms with E-state index in [0.717, 1.165) is 39.5 Å². The summed E-state index contributed by atoms with van der Waals surface area (Å²) in [5.74, 6) is 0.866. The SMILES string of the molecule is COc1ccc2[nH]c3c(c2c1)CN(C(=O)Cn1cc(C(C)=O)c2ccccc21)CC3. The van der Waals surface area contributed by atoms with Crippen LogP contribution in [-0.2, 0) is 24.3 Å². The number of ketones is 1. The number of carbonyl (C=O) groups excluding carboxylic acids is 2. The number of aromatic amines is 1. The molecule has 1 aliphatic heterocycles. The molecule has 1 aliphatic rings. The zero-order valence-corrected chi connectivity index (χ0v) is 17.1. The van der Waals surface area contributed by atoms with Gasteiger partial charge in [0.1, 0.15) is 12.3 Å². The summed E-state index contributed by atoms with van der Waals surface area (Å²) in [5, 5.41) is 1.99. The maximum absolute atomic E-state index is 13.2. The molecule has 0 fully saturated rings. The van der Waals surface area contributed by atoms with Crippen LogP contribution in [0, 0.1) is 0 Å². The van der Waals surface area contributed by atoms with E-state index in [0.29, 0.717) is 18.7 Å². The molecular weight excluding hydrogens is 378 g/mol. The van der Waals surface area contributed by atoms with E-state index >= 15 is 0 Å². The van der Waals surface area contributed by atoms with Crippen molar-refractivity contribution in [2.24, 2.45) is 0 Å². The fourth-order valence-corrected chi connectivity index (χ4v) is 4.44. The maximum Gasteiger partial charge on any atom is 0.242 e. The zero-order valence-electron chi connectivity index (χ0n) is 17.1. The quantitative estimate of drug-likeness (QED) is 0.527. The number of nitrogens with zero attached hydrogens (tertiary/aromatic N) is 2. The van der Waals surface area contributed by atoms with Crippen molar-refractivity contribution in [3.63, 3.8) is 0 Å². The normalized spacial score (nSPS) is 13.6. The van der Waals surface area contributed by atoms with Crippen molar-refractivity contribution in [1.82, 2.24) is 14.5 Å². The Kier molecular flexibility index (Phi) is 4.35. The lowest BCUT2D eigenvalue weighted by Crippen LogP contribution is -2.37. The van der Waals surface area contributed by atoms with E-state index in [1.807, 2.05) is 51.9 Å². The second-order valence-corrected chi connectivity index (χ2v) is 7.80. The van der Waals surface area contributed by atoms with E-state index in [1.54, 1.807) is 20.2 Å². The molecule has 0 saturated carbocycles. The number of fused-ring (bicyclic) bond motifs is 4. The lowest BCUT2D eigenvalue weighted by Gasteiger charge is -2.27. The Morgan fingerprint density at radius 1 is 1.13 bits per heavy atom. The summed E-state index contributed by atoms with van der Waals surface area (Å²) in [6, 6.07) is 13.7. The van der Waals surface area contributed by atoms with Gasteiger partial charge in [0.25, 0.3) is 0 Å². The summed E-state index contributed by atoms with van der Waals surface area (Å²) >= 11 is 0. The second-order valence-electron chi connectivity index (χ2n) is 7.80. The van der Waals surface area contributed by atoms with Gasteiger partial charge in [-0.05, 0) is 31.2 Å². The molecule has 1 N–H and O–H groups in total. The Bertz CT molecular complexity index is 1300. The highest BCUT2D eigenvalue weighted by Gasteiger charge is 2.25. The third-order valence-corrected chi connectivity index (χ3v) is 6.01. The number of benzene rings is 2. The maximum atomic E-state index is 13.2. The van der Waals surface area contributed by atoms with Crippen molar-refractivity contribution in [1.29, 1.82) is 0 Å². The van der Waals surface area contributed by atoms with Crippen LogP contribution in [0.3, 0.4) is 0 Å². The number of H-pyrrole nitrogens is 1. The van der Waals surface area contributed by atoms with E-state index in [2.05, 4.69) is 4.98 Å². The molecule has 0 aliphatic carbocycles. The molecule has 3 heterocycles. The molecule has 30 heavy (non-hydrogen) atoms. The number of hydrogen-bond acceptors (Lipinski definition) is 3. The molecule has 5 rings (SSSR count). The molecule has 152 valence electrons. The van der Waals surface area contributed by atoms with Gasteiger partial charge >= 0.3 is 0 Å². The summed E-state index contributed by atoms with van der Waals surface area (Å²) < 4.78 is 7.26. The van der Waals surface area contributed by atoms with Gasteiger partial charge < -0.3 is 19.2 Å². The fourth-order valence-electron chi connectivity index (χ4n) is 4.44. The summed E-state index contributed by atoms with van der Waals surface area (Å²) in [6.07, 6.45) is 2.60. The van der Waals surface area contributed by atoms with Crippen LogP contribution in [0.4, 0.5) is 0 Å². The Hall–Kier alpha value is -3.54. The highest BCUT2D eigenvalue weighted by Crippen LogP contribution is 2.31. The minimum Gasteiger partial charge on any atom is -0.497 e. The first-order valence-electron chi connectivity index (χ1n) is 10.1. The number of ether oxygens (including phenoxy) is 1. The largest absolute Gasteiger partial charge is 0.497 e. The van der Waals surface area contributed by atoms with Gasteiger partial charge in [-0.25, -0.2) is 0 Å². The number of carbonyl (C=O) groups is 2. The van der Waals surface area contributed by atoms with Crippen molar-refractivity contribution >= 4 is 33.5 Å². The average molecular weight is 401 g/mol. The van der Waals surface area contributed by atoms with Gasteiger partial charge in [0.05, 0.1) is 7.11 Å². The van der Waals surface area contributed by atoms with E-state index < -0.39 is 0 Å².